The SMILES string of the molecule is COc1ccc(NC(=O)c2ccc3c(=O)n(-c4ccccc4)c(=S)[nH]c3c2)cc1S(N)(=O)=O. The molecule has 0 atom stereocenters. The van der Waals surface area contributed by atoms with E-state index in [-0.39, 0.29) is 32.2 Å². The molecule has 0 unspecified atom stereocenters. The molecule has 1 heterocycles. The summed E-state index contributed by atoms with van der Waals surface area (Å²) >= 11 is 5.36. The van der Waals surface area contributed by atoms with Gasteiger partial charge in [0.15, 0.2) is 4.77 Å². The average molecular weight is 483 g/mol. The number of nitrogens with one attached hydrogen (secondary N) is 2. The smallest absolute Gasteiger partial charge is 0.266 e. The Bertz CT molecular complexity index is 1610. The van der Waals surface area contributed by atoms with E-state index in [2.05, 4.69) is 10.3 Å². The summed E-state index contributed by atoms with van der Waals surface area (Å²) in [5.41, 5.74) is 1.14. The molecule has 0 spiro atoms. The number of ether oxygens (including phenoxy) is 1. The third-order valence-corrected chi connectivity index (χ3v) is 6.12. The van der Waals surface area contributed by atoms with E-state index in [1.165, 1.54) is 48.1 Å². The van der Waals surface area contributed by atoms with Crippen molar-refractivity contribution in [1.29, 1.82) is 0 Å². The number of aromatic amines is 1. The zero-order valence-electron chi connectivity index (χ0n) is 17.2. The van der Waals surface area contributed by atoms with Crippen molar-refractivity contribution in [3.8, 4) is 11.4 Å². The van der Waals surface area contributed by atoms with Crippen LogP contribution in [0.4, 0.5) is 5.69 Å². The van der Waals surface area contributed by atoms with Gasteiger partial charge in [0.25, 0.3) is 11.5 Å². The number of benzene rings is 3. The normalized spacial score (nSPS) is 11.3. The molecule has 0 saturated heterocycles. The Hall–Kier alpha value is -3.80. The van der Waals surface area contributed by atoms with Crippen LogP contribution in [0.5, 0.6) is 5.75 Å². The van der Waals surface area contributed by atoms with Crippen LogP contribution < -0.4 is 20.8 Å². The summed E-state index contributed by atoms with van der Waals surface area (Å²) in [6.07, 6.45) is 0. The van der Waals surface area contributed by atoms with E-state index in [9.17, 15) is 18.0 Å². The molecular weight excluding hydrogens is 464 g/mol. The molecule has 4 rings (SSSR count). The van der Waals surface area contributed by atoms with Crippen LogP contribution in [0.1, 0.15) is 10.4 Å². The number of rotatable bonds is 5. The molecule has 11 heteroatoms. The number of hydrogen-bond donors (Lipinski definition) is 3. The Kier molecular flexibility index (Phi) is 5.85. The van der Waals surface area contributed by atoms with E-state index in [0.29, 0.717) is 16.6 Å². The van der Waals surface area contributed by atoms with Gasteiger partial charge in [0, 0.05) is 11.3 Å². The number of primary sulfonamides is 1. The number of sulfonamides is 1. The van der Waals surface area contributed by atoms with Gasteiger partial charge >= 0.3 is 0 Å². The molecule has 0 aliphatic rings. The third-order valence-electron chi connectivity index (χ3n) is 4.90. The van der Waals surface area contributed by atoms with E-state index < -0.39 is 15.9 Å². The van der Waals surface area contributed by atoms with Crippen molar-refractivity contribution in [2.45, 2.75) is 4.90 Å². The van der Waals surface area contributed by atoms with E-state index in [4.69, 9.17) is 22.1 Å². The minimum absolute atomic E-state index is 0.0588. The number of amides is 1. The summed E-state index contributed by atoms with van der Waals surface area (Å²) < 4.78 is 30.2. The Morgan fingerprint density at radius 3 is 2.48 bits per heavy atom. The number of anilines is 1. The van der Waals surface area contributed by atoms with Crippen molar-refractivity contribution in [2.24, 2.45) is 5.14 Å². The molecule has 1 amide bonds. The molecule has 0 bridgehead atoms. The van der Waals surface area contributed by atoms with Crippen molar-refractivity contribution in [3.63, 3.8) is 0 Å². The largest absolute Gasteiger partial charge is 0.495 e. The second-order valence-corrected chi connectivity index (χ2v) is 8.95. The topological polar surface area (TPSA) is 136 Å². The summed E-state index contributed by atoms with van der Waals surface area (Å²) in [6.45, 7) is 0. The fourth-order valence-corrected chi connectivity index (χ4v) is 4.37. The maximum absolute atomic E-state index is 13.0. The van der Waals surface area contributed by atoms with E-state index in [1.807, 2.05) is 6.07 Å². The Balaban J connectivity index is 1.71. The Morgan fingerprint density at radius 2 is 1.82 bits per heavy atom. The number of aromatic nitrogens is 2. The first-order valence-electron chi connectivity index (χ1n) is 9.56. The highest BCUT2D eigenvalue weighted by Crippen LogP contribution is 2.26. The molecule has 4 N–H and O–H groups in total. The van der Waals surface area contributed by atoms with E-state index in [1.54, 1.807) is 24.3 Å². The summed E-state index contributed by atoms with van der Waals surface area (Å²) in [7, 11) is -2.75. The highest BCUT2D eigenvalue weighted by atomic mass is 32.2. The summed E-state index contributed by atoms with van der Waals surface area (Å²) in [6, 6.07) is 17.6. The lowest BCUT2D eigenvalue weighted by molar-refractivity contribution is 0.102. The molecule has 4 aromatic rings. The van der Waals surface area contributed by atoms with Gasteiger partial charge in [-0.1, -0.05) is 18.2 Å². The molecule has 0 aliphatic carbocycles. The van der Waals surface area contributed by atoms with Gasteiger partial charge in [0.1, 0.15) is 10.6 Å². The second-order valence-electron chi connectivity index (χ2n) is 7.03. The maximum atomic E-state index is 13.0. The third kappa shape index (κ3) is 4.42. The fraction of sp³-hybridized carbons (Fsp3) is 0.0455. The van der Waals surface area contributed by atoms with Crippen molar-refractivity contribution < 1.29 is 17.9 Å². The molecule has 9 nitrogen and oxygen atoms in total. The number of nitrogens with zero attached hydrogens (tertiary/aromatic N) is 1. The van der Waals surface area contributed by atoms with Crippen LogP contribution in [0.2, 0.25) is 0 Å². The molecular formula is C22H18N4O5S2. The molecule has 0 aliphatic heterocycles. The van der Waals surface area contributed by atoms with Gasteiger partial charge < -0.3 is 15.0 Å². The quantitative estimate of drug-likeness (QED) is 0.374. The zero-order chi connectivity index (χ0) is 23.8. The van der Waals surface area contributed by atoms with Gasteiger partial charge in [-0.3, -0.25) is 14.2 Å². The van der Waals surface area contributed by atoms with Gasteiger partial charge in [0.2, 0.25) is 10.0 Å². The first kappa shape index (κ1) is 22.4. The van der Waals surface area contributed by atoms with Crippen LogP contribution in [-0.4, -0.2) is 31.0 Å². The number of nitrogens with two attached hydrogens (primary N) is 1. The molecule has 0 saturated carbocycles. The van der Waals surface area contributed by atoms with Gasteiger partial charge in [-0.15, -0.1) is 0 Å². The first-order valence-corrected chi connectivity index (χ1v) is 11.5. The predicted molar refractivity (Wildman–Crippen MR) is 127 cm³/mol. The zero-order valence-corrected chi connectivity index (χ0v) is 18.9. The number of carbonyl (C=O) groups is 1. The molecule has 168 valence electrons. The number of para-hydroxylation sites is 1. The minimum Gasteiger partial charge on any atom is -0.495 e. The van der Waals surface area contributed by atoms with Crippen molar-refractivity contribution in [3.05, 3.63) is 87.4 Å². The Morgan fingerprint density at radius 1 is 1.09 bits per heavy atom. The van der Waals surface area contributed by atoms with E-state index >= 15 is 0 Å². The summed E-state index contributed by atoms with van der Waals surface area (Å²) in [5, 5.41) is 8.19. The molecule has 0 fully saturated rings. The van der Waals surface area contributed by atoms with Crippen molar-refractivity contribution >= 4 is 44.7 Å². The first-order chi connectivity index (χ1) is 15.7. The summed E-state index contributed by atoms with van der Waals surface area (Å²) in [5.74, 6) is -0.461. The lowest BCUT2D eigenvalue weighted by atomic mass is 10.1. The van der Waals surface area contributed by atoms with Gasteiger partial charge in [0.05, 0.1) is 23.7 Å². The number of hydrogen-bond acceptors (Lipinski definition) is 6. The monoisotopic (exact) mass is 482 g/mol. The standard InChI is InChI=1S/C22H18N4O5S2/c1-31-18-10-8-14(12-19(18)33(23,29)30)24-20(27)13-7-9-16-17(11-13)25-22(32)26(21(16)28)15-5-3-2-4-6-15/h2-12H,1H3,(H,24,27)(H,25,32)(H2,23,29,30). The lowest BCUT2D eigenvalue weighted by Gasteiger charge is -2.11. The van der Waals surface area contributed by atoms with Crippen molar-refractivity contribution in [2.75, 3.05) is 12.4 Å². The van der Waals surface area contributed by atoms with Crippen LogP contribution >= 0.6 is 12.2 Å². The van der Waals surface area contributed by atoms with Gasteiger partial charge in [-0.25, -0.2) is 13.6 Å². The highest BCUT2D eigenvalue weighted by Gasteiger charge is 2.17. The molecule has 3 aromatic carbocycles. The van der Waals surface area contributed by atoms with Crippen LogP contribution in [0.15, 0.2) is 76.4 Å². The highest BCUT2D eigenvalue weighted by molar-refractivity contribution is 7.89. The molecule has 0 radical (unpaired) electrons. The number of H-pyrrole nitrogens is 1. The fourth-order valence-electron chi connectivity index (χ4n) is 3.35. The van der Waals surface area contributed by atoms with Crippen LogP contribution in [0.25, 0.3) is 16.6 Å². The van der Waals surface area contributed by atoms with Gasteiger partial charge in [-0.05, 0) is 60.7 Å². The van der Waals surface area contributed by atoms with Crippen molar-refractivity contribution in [1.82, 2.24) is 9.55 Å². The average Bonchev–Trinajstić information content (AvgIpc) is 2.78. The molecule has 1 aromatic heterocycles. The van der Waals surface area contributed by atoms with Gasteiger partial charge in [-0.2, -0.15) is 0 Å². The second kappa shape index (κ2) is 8.62. The number of fused-ring (bicyclic) bond motifs is 1. The van der Waals surface area contributed by atoms with Crippen LogP contribution in [-0.2, 0) is 10.0 Å². The lowest BCUT2D eigenvalue weighted by Crippen LogP contribution is -2.21. The number of carbonyl (C=O) groups excluding carboxylic acids is 1. The maximum Gasteiger partial charge on any atom is 0.266 e. The predicted octanol–water partition coefficient (Wildman–Crippen LogP) is 2.96. The van der Waals surface area contributed by atoms with Crippen LogP contribution in [0.3, 0.4) is 0 Å². The Labute approximate surface area is 193 Å². The van der Waals surface area contributed by atoms with E-state index in [0.717, 1.165) is 0 Å². The molecule has 33 heavy (non-hydrogen) atoms. The minimum atomic E-state index is -4.06. The number of methoxy groups -OCH3 is 1. The van der Waals surface area contributed by atoms with Crippen LogP contribution in [0, 0.1) is 4.77 Å². The summed E-state index contributed by atoms with van der Waals surface area (Å²) in [4.78, 5) is 28.5.